The zero-order chi connectivity index (χ0) is 15.2. The molecule has 0 unspecified atom stereocenters. The Morgan fingerprint density at radius 2 is 1.95 bits per heavy atom. The van der Waals surface area contributed by atoms with Gasteiger partial charge in [0.15, 0.2) is 0 Å². The lowest BCUT2D eigenvalue weighted by molar-refractivity contribution is -0.313. The van der Waals surface area contributed by atoms with Crippen LogP contribution in [0.15, 0.2) is 36.4 Å². The van der Waals surface area contributed by atoms with E-state index in [-0.39, 0.29) is 5.91 Å². The van der Waals surface area contributed by atoms with E-state index in [1.807, 2.05) is 24.3 Å². The highest BCUT2D eigenvalue weighted by Crippen LogP contribution is 2.25. The van der Waals surface area contributed by atoms with Crippen LogP contribution in [0.5, 0.6) is 0 Å². The van der Waals surface area contributed by atoms with Crippen molar-refractivity contribution in [3.05, 3.63) is 47.0 Å². The third-order valence-corrected chi connectivity index (χ3v) is 3.91. The molecular formula is C16H17ClNO3-. The number of carbonyl (C=O) groups is 2. The summed E-state index contributed by atoms with van der Waals surface area (Å²) in [5.74, 6) is -2.66. The van der Waals surface area contributed by atoms with E-state index in [9.17, 15) is 14.7 Å². The number of rotatable bonds is 5. The topological polar surface area (TPSA) is 69.2 Å². The molecule has 1 N–H and O–H groups in total. The minimum atomic E-state index is -1.16. The molecule has 4 nitrogen and oxygen atoms in total. The van der Waals surface area contributed by atoms with E-state index in [0.29, 0.717) is 30.8 Å². The van der Waals surface area contributed by atoms with E-state index in [1.165, 1.54) is 0 Å². The van der Waals surface area contributed by atoms with Crippen LogP contribution in [-0.4, -0.2) is 18.4 Å². The molecule has 0 saturated carbocycles. The summed E-state index contributed by atoms with van der Waals surface area (Å²) in [7, 11) is 0. The summed E-state index contributed by atoms with van der Waals surface area (Å²) in [6.45, 7) is 0.457. The van der Waals surface area contributed by atoms with Gasteiger partial charge < -0.3 is 15.2 Å². The molecular weight excluding hydrogens is 290 g/mol. The third-order valence-electron chi connectivity index (χ3n) is 3.67. The Bertz CT molecular complexity index is 556. The van der Waals surface area contributed by atoms with Crippen molar-refractivity contribution in [2.24, 2.45) is 11.8 Å². The number of carbonyl (C=O) groups excluding carboxylic acids is 2. The maximum Gasteiger partial charge on any atom is 0.224 e. The standard InChI is InChI=1S/C16H18ClNO3/c17-12-5-3-4-11(10-12)8-9-18-15(19)13-6-1-2-7-14(13)16(20)21/h1-5,10,13-14H,6-9H2,(H,18,19)(H,20,21)/p-1/t13-,14+/m0/s1. The Morgan fingerprint density at radius 1 is 1.24 bits per heavy atom. The number of allylic oxidation sites excluding steroid dienone is 2. The van der Waals surface area contributed by atoms with E-state index in [0.717, 1.165) is 5.56 Å². The lowest BCUT2D eigenvalue weighted by Crippen LogP contribution is -2.44. The molecule has 0 fully saturated rings. The van der Waals surface area contributed by atoms with Gasteiger partial charge in [-0.2, -0.15) is 0 Å². The number of hydrogen-bond donors (Lipinski definition) is 1. The molecule has 0 heterocycles. The molecule has 5 heteroatoms. The molecule has 21 heavy (non-hydrogen) atoms. The lowest BCUT2D eigenvalue weighted by Gasteiger charge is -2.28. The number of benzene rings is 1. The number of nitrogens with one attached hydrogen (secondary N) is 1. The van der Waals surface area contributed by atoms with Crippen LogP contribution in [0.4, 0.5) is 0 Å². The molecule has 1 aromatic rings. The van der Waals surface area contributed by atoms with E-state index < -0.39 is 17.8 Å². The van der Waals surface area contributed by atoms with Gasteiger partial charge in [0.2, 0.25) is 5.91 Å². The Labute approximate surface area is 128 Å². The van der Waals surface area contributed by atoms with Gasteiger partial charge in [0.25, 0.3) is 0 Å². The van der Waals surface area contributed by atoms with Gasteiger partial charge in [0, 0.05) is 29.4 Å². The summed E-state index contributed by atoms with van der Waals surface area (Å²) in [5, 5.41) is 14.5. The van der Waals surface area contributed by atoms with Crippen LogP contribution in [0.1, 0.15) is 18.4 Å². The maximum absolute atomic E-state index is 12.1. The van der Waals surface area contributed by atoms with E-state index in [1.54, 1.807) is 12.1 Å². The minimum Gasteiger partial charge on any atom is -0.550 e. The molecule has 2 rings (SSSR count). The summed E-state index contributed by atoms with van der Waals surface area (Å²) < 4.78 is 0. The van der Waals surface area contributed by atoms with Crippen molar-refractivity contribution in [1.82, 2.24) is 5.32 Å². The van der Waals surface area contributed by atoms with Gasteiger partial charge in [-0.3, -0.25) is 4.79 Å². The fraction of sp³-hybridized carbons (Fsp3) is 0.375. The quantitative estimate of drug-likeness (QED) is 0.834. The Kier molecular flexibility index (Phi) is 5.39. The van der Waals surface area contributed by atoms with Crippen LogP contribution < -0.4 is 10.4 Å². The SMILES string of the molecule is O=C(NCCc1cccc(Cl)c1)[C@H]1CC=CC[C@H]1C(=O)[O-]. The van der Waals surface area contributed by atoms with Gasteiger partial charge in [0.05, 0.1) is 0 Å². The minimum absolute atomic E-state index is 0.226. The zero-order valence-electron chi connectivity index (χ0n) is 11.5. The fourth-order valence-electron chi connectivity index (χ4n) is 2.52. The highest BCUT2D eigenvalue weighted by atomic mass is 35.5. The Balaban J connectivity index is 1.86. The van der Waals surface area contributed by atoms with Crippen LogP contribution in [0.3, 0.4) is 0 Å². The van der Waals surface area contributed by atoms with Crippen molar-refractivity contribution >= 4 is 23.5 Å². The number of carboxylic acid groups (broad SMARTS) is 1. The summed E-state index contributed by atoms with van der Waals surface area (Å²) in [6.07, 6.45) is 5.10. The molecule has 2 atom stereocenters. The molecule has 1 aliphatic carbocycles. The van der Waals surface area contributed by atoms with Gasteiger partial charge in [-0.15, -0.1) is 0 Å². The highest BCUT2D eigenvalue weighted by molar-refractivity contribution is 6.30. The summed E-state index contributed by atoms with van der Waals surface area (Å²) in [6, 6.07) is 7.44. The van der Waals surface area contributed by atoms with Crippen LogP contribution in [0, 0.1) is 11.8 Å². The predicted molar refractivity (Wildman–Crippen MR) is 78.5 cm³/mol. The summed E-state index contributed by atoms with van der Waals surface area (Å²) in [4.78, 5) is 23.2. The summed E-state index contributed by atoms with van der Waals surface area (Å²) in [5.41, 5.74) is 1.03. The monoisotopic (exact) mass is 306 g/mol. The number of aliphatic carboxylic acids is 1. The zero-order valence-corrected chi connectivity index (χ0v) is 12.3. The third kappa shape index (κ3) is 4.33. The molecule has 0 spiro atoms. The second-order valence-corrected chi connectivity index (χ2v) is 5.58. The average molecular weight is 307 g/mol. The molecule has 112 valence electrons. The second kappa shape index (κ2) is 7.27. The maximum atomic E-state index is 12.1. The van der Waals surface area contributed by atoms with E-state index in [2.05, 4.69) is 5.32 Å². The lowest BCUT2D eigenvalue weighted by atomic mass is 9.82. The van der Waals surface area contributed by atoms with Crippen molar-refractivity contribution in [3.8, 4) is 0 Å². The predicted octanol–water partition coefficient (Wildman–Crippen LogP) is 1.33. The molecule has 0 aliphatic heterocycles. The second-order valence-electron chi connectivity index (χ2n) is 5.15. The fourth-order valence-corrected chi connectivity index (χ4v) is 2.73. The van der Waals surface area contributed by atoms with E-state index in [4.69, 9.17) is 11.6 Å². The smallest absolute Gasteiger partial charge is 0.224 e. The number of halogens is 1. The van der Waals surface area contributed by atoms with Crippen LogP contribution >= 0.6 is 11.6 Å². The molecule has 0 saturated heterocycles. The molecule has 0 radical (unpaired) electrons. The van der Waals surface area contributed by atoms with Gasteiger partial charge >= 0.3 is 0 Å². The number of hydrogen-bond acceptors (Lipinski definition) is 3. The molecule has 0 aromatic heterocycles. The highest BCUT2D eigenvalue weighted by Gasteiger charge is 2.29. The first-order valence-electron chi connectivity index (χ1n) is 6.96. The van der Waals surface area contributed by atoms with Crippen LogP contribution in [-0.2, 0) is 16.0 Å². The summed E-state index contributed by atoms with van der Waals surface area (Å²) >= 11 is 5.89. The van der Waals surface area contributed by atoms with Crippen molar-refractivity contribution in [1.29, 1.82) is 0 Å². The van der Waals surface area contributed by atoms with Crippen molar-refractivity contribution in [2.45, 2.75) is 19.3 Å². The normalized spacial score (nSPS) is 21.0. The number of carboxylic acids is 1. The molecule has 1 amide bonds. The molecule has 0 bridgehead atoms. The van der Waals surface area contributed by atoms with Crippen LogP contribution in [0.25, 0.3) is 0 Å². The van der Waals surface area contributed by atoms with Crippen molar-refractivity contribution in [2.75, 3.05) is 6.54 Å². The van der Waals surface area contributed by atoms with Gasteiger partial charge in [0.1, 0.15) is 0 Å². The first kappa shape index (κ1) is 15.6. The first-order chi connectivity index (χ1) is 10.1. The van der Waals surface area contributed by atoms with Gasteiger partial charge in [-0.1, -0.05) is 35.9 Å². The first-order valence-corrected chi connectivity index (χ1v) is 7.33. The molecule has 1 aliphatic rings. The Hall–Kier alpha value is -1.81. The largest absolute Gasteiger partial charge is 0.550 e. The molecule has 1 aromatic carbocycles. The van der Waals surface area contributed by atoms with E-state index >= 15 is 0 Å². The number of amides is 1. The Morgan fingerprint density at radius 3 is 2.62 bits per heavy atom. The van der Waals surface area contributed by atoms with Gasteiger partial charge in [-0.25, -0.2) is 0 Å². The van der Waals surface area contributed by atoms with Gasteiger partial charge in [-0.05, 0) is 37.0 Å². The van der Waals surface area contributed by atoms with Crippen molar-refractivity contribution in [3.63, 3.8) is 0 Å². The van der Waals surface area contributed by atoms with Crippen molar-refractivity contribution < 1.29 is 14.7 Å². The average Bonchev–Trinajstić information content (AvgIpc) is 2.47. The van der Waals surface area contributed by atoms with Crippen LogP contribution in [0.2, 0.25) is 5.02 Å².